The van der Waals surface area contributed by atoms with E-state index in [1.807, 2.05) is 54.0 Å². The lowest BCUT2D eigenvalue weighted by atomic mass is 10.1. The summed E-state index contributed by atoms with van der Waals surface area (Å²) in [6.07, 6.45) is 2.00. The van der Waals surface area contributed by atoms with E-state index in [1.54, 1.807) is 18.4 Å². The van der Waals surface area contributed by atoms with Crippen LogP contribution in [0, 0.1) is 6.92 Å². The smallest absolute Gasteiger partial charge is 0.303 e. The summed E-state index contributed by atoms with van der Waals surface area (Å²) < 4.78 is 13.7. The number of rotatable bonds is 7. The number of hydrogen-bond donors (Lipinski definition) is 2. The molecule has 150 valence electrons. The predicted molar refractivity (Wildman–Crippen MR) is 113 cm³/mol. The number of nitrogens with zero attached hydrogens (tertiary/aromatic N) is 1. The van der Waals surface area contributed by atoms with Gasteiger partial charge in [-0.1, -0.05) is 0 Å². The monoisotopic (exact) mass is 410 g/mol. The van der Waals surface area contributed by atoms with E-state index < -0.39 is 23.1 Å². The van der Waals surface area contributed by atoms with Crippen LogP contribution in [0.15, 0.2) is 59.5 Å². The molecule has 0 radical (unpaired) electrons. The molecule has 3 N–H and O–H groups in total. The molecule has 0 spiro atoms. The van der Waals surface area contributed by atoms with Crippen molar-refractivity contribution < 1.29 is 19.2 Å². The highest BCUT2D eigenvalue weighted by atomic mass is 32.2. The first-order chi connectivity index (χ1) is 13.8. The number of hydrogen-bond acceptors (Lipinski definition) is 3. The number of carboxylic acid groups (broad SMARTS) is 1. The number of carbonyl (C=O) groups excluding carboxylic acids is 1. The Labute approximate surface area is 172 Å². The first-order valence-corrected chi connectivity index (χ1v) is 10.6. The van der Waals surface area contributed by atoms with Crippen LogP contribution in [-0.4, -0.2) is 32.4 Å². The summed E-state index contributed by atoms with van der Waals surface area (Å²) >= 11 is -1.06. The van der Waals surface area contributed by atoms with Crippen LogP contribution in [0.25, 0.3) is 16.9 Å². The molecular formula is C22H22N2O4S. The van der Waals surface area contributed by atoms with E-state index in [0.717, 1.165) is 33.1 Å². The largest absolute Gasteiger partial charge is 0.612 e. The molecule has 0 aliphatic rings. The molecule has 0 bridgehead atoms. The summed E-state index contributed by atoms with van der Waals surface area (Å²) in [5.74, 6) is -1.36. The first-order valence-electron chi connectivity index (χ1n) is 9.05. The van der Waals surface area contributed by atoms with Crippen LogP contribution < -0.4 is 5.73 Å². The van der Waals surface area contributed by atoms with Gasteiger partial charge in [-0.3, -0.25) is 9.59 Å². The van der Waals surface area contributed by atoms with E-state index in [9.17, 15) is 14.1 Å². The van der Waals surface area contributed by atoms with Crippen molar-refractivity contribution in [2.45, 2.75) is 24.7 Å². The maximum Gasteiger partial charge on any atom is 0.303 e. The predicted octanol–water partition coefficient (Wildman–Crippen LogP) is 3.31. The zero-order valence-electron chi connectivity index (χ0n) is 16.2. The zero-order chi connectivity index (χ0) is 21.1. The quantitative estimate of drug-likeness (QED) is 0.583. The van der Waals surface area contributed by atoms with Crippen LogP contribution in [0.2, 0.25) is 0 Å². The second kappa shape index (κ2) is 8.55. The molecule has 0 fully saturated rings. The summed E-state index contributed by atoms with van der Waals surface area (Å²) in [5, 5.41) is 9.11. The summed E-state index contributed by atoms with van der Waals surface area (Å²) in [6.45, 7) is 1.88. The molecule has 0 saturated carbocycles. The van der Waals surface area contributed by atoms with Crippen molar-refractivity contribution >= 4 is 23.1 Å². The van der Waals surface area contributed by atoms with Gasteiger partial charge in [-0.05, 0) is 90.2 Å². The van der Waals surface area contributed by atoms with Crippen molar-refractivity contribution in [1.29, 1.82) is 0 Å². The van der Waals surface area contributed by atoms with Crippen LogP contribution in [-0.2, 0) is 22.4 Å². The Kier molecular flexibility index (Phi) is 6.10. The Morgan fingerprint density at radius 2 is 1.79 bits per heavy atom. The molecule has 1 unspecified atom stereocenters. The number of amides is 1. The average molecular weight is 410 g/mol. The molecule has 6 nitrogen and oxygen atoms in total. The highest BCUT2D eigenvalue weighted by Gasteiger charge is 2.16. The van der Waals surface area contributed by atoms with E-state index in [1.165, 1.54) is 0 Å². The van der Waals surface area contributed by atoms with E-state index >= 15 is 0 Å². The van der Waals surface area contributed by atoms with Gasteiger partial charge in [-0.15, -0.1) is 0 Å². The second-order valence-electron chi connectivity index (χ2n) is 6.78. The topological polar surface area (TPSA) is 108 Å². The van der Waals surface area contributed by atoms with Crippen molar-refractivity contribution in [1.82, 2.24) is 4.57 Å². The summed E-state index contributed by atoms with van der Waals surface area (Å²) in [7, 11) is 0. The average Bonchev–Trinajstić information content (AvgIpc) is 3.09. The summed E-state index contributed by atoms with van der Waals surface area (Å²) in [5.41, 5.74) is 10.1. The van der Waals surface area contributed by atoms with Gasteiger partial charge < -0.3 is 20.0 Å². The molecule has 3 aromatic rings. The third-order valence-corrected chi connectivity index (χ3v) is 5.70. The normalized spacial score (nSPS) is 12.0. The lowest BCUT2D eigenvalue weighted by Crippen LogP contribution is -2.12. The molecule has 7 heteroatoms. The van der Waals surface area contributed by atoms with Crippen LogP contribution >= 0.6 is 0 Å². The van der Waals surface area contributed by atoms with E-state index in [-0.39, 0.29) is 6.42 Å². The molecule has 1 amide bonds. The minimum absolute atomic E-state index is 0.00955. The first kappa shape index (κ1) is 20.7. The van der Waals surface area contributed by atoms with Crippen LogP contribution in [0.1, 0.15) is 28.0 Å². The summed E-state index contributed by atoms with van der Waals surface area (Å²) in [6, 6.07) is 16.5. The van der Waals surface area contributed by atoms with Crippen molar-refractivity contribution in [3.63, 3.8) is 0 Å². The fraction of sp³-hybridized carbons (Fsp3) is 0.182. The number of primary amides is 1. The number of carboxylic acids is 1. The molecule has 2 aromatic carbocycles. The number of aromatic nitrogens is 1. The minimum Gasteiger partial charge on any atom is -0.612 e. The van der Waals surface area contributed by atoms with Crippen molar-refractivity contribution in [3.8, 4) is 16.9 Å². The standard InChI is InChI=1S/C22H22N2O4S/c1-14-13-16(22(23)27)5-10-19(14)24-17(7-12-21(25)26)6-11-20(24)15-3-8-18(9-4-15)29(2)28/h3-6,8-11,13H,7,12H2,1-2H3,(H2,23,27)(H,25,26). The van der Waals surface area contributed by atoms with E-state index in [0.29, 0.717) is 12.0 Å². The van der Waals surface area contributed by atoms with Crippen LogP contribution in [0.5, 0.6) is 0 Å². The van der Waals surface area contributed by atoms with Crippen molar-refractivity contribution in [3.05, 3.63) is 71.4 Å². The Bertz CT molecular complexity index is 1060. The van der Waals surface area contributed by atoms with Gasteiger partial charge in [0, 0.05) is 16.9 Å². The van der Waals surface area contributed by atoms with Gasteiger partial charge in [-0.2, -0.15) is 0 Å². The van der Waals surface area contributed by atoms with E-state index in [2.05, 4.69) is 0 Å². The Morgan fingerprint density at radius 3 is 2.34 bits per heavy atom. The molecule has 1 heterocycles. The Balaban J connectivity index is 2.13. The van der Waals surface area contributed by atoms with Gasteiger partial charge in [0.2, 0.25) is 5.91 Å². The third-order valence-electron chi connectivity index (χ3n) is 4.76. The van der Waals surface area contributed by atoms with Crippen molar-refractivity contribution in [2.24, 2.45) is 5.73 Å². The SMILES string of the molecule is Cc1cc(C(N)=O)ccc1-n1c(CCC(=O)O)ccc1-c1ccc([S+](C)[O-])cc1. The maximum atomic E-state index is 11.7. The third kappa shape index (κ3) is 4.52. The number of aryl methyl sites for hydroxylation is 2. The van der Waals surface area contributed by atoms with Crippen LogP contribution in [0.4, 0.5) is 0 Å². The maximum absolute atomic E-state index is 11.7. The number of benzene rings is 2. The molecule has 1 atom stereocenters. The fourth-order valence-corrected chi connectivity index (χ4v) is 3.82. The lowest BCUT2D eigenvalue weighted by Gasteiger charge is -2.17. The molecular weight excluding hydrogens is 388 g/mol. The minimum atomic E-state index is -1.06. The molecule has 0 saturated heterocycles. The van der Waals surface area contributed by atoms with E-state index in [4.69, 9.17) is 10.8 Å². The van der Waals surface area contributed by atoms with Gasteiger partial charge in [-0.25, -0.2) is 0 Å². The molecule has 1 aromatic heterocycles. The fourth-order valence-electron chi connectivity index (χ4n) is 3.30. The lowest BCUT2D eigenvalue weighted by molar-refractivity contribution is -0.136. The molecule has 3 rings (SSSR count). The molecule has 0 aliphatic carbocycles. The number of carbonyl (C=O) groups is 2. The molecule has 0 aliphatic heterocycles. The van der Waals surface area contributed by atoms with Gasteiger partial charge in [0.1, 0.15) is 6.26 Å². The molecule has 29 heavy (non-hydrogen) atoms. The van der Waals surface area contributed by atoms with Crippen LogP contribution in [0.3, 0.4) is 0 Å². The summed E-state index contributed by atoms with van der Waals surface area (Å²) in [4.78, 5) is 23.3. The Hall–Kier alpha value is -3.03. The van der Waals surface area contributed by atoms with Gasteiger partial charge >= 0.3 is 5.97 Å². The number of aliphatic carboxylic acids is 1. The van der Waals surface area contributed by atoms with Gasteiger partial charge in [0.15, 0.2) is 4.90 Å². The van der Waals surface area contributed by atoms with Crippen molar-refractivity contribution in [2.75, 3.05) is 6.26 Å². The highest BCUT2D eigenvalue weighted by Crippen LogP contribution is 2.30. The van der Waals surface area contributed by atoms with Gasteiger partial charge in [0.25, 0.3) is 0 Å². The number of nitrogens with two attached hydrogens (primary N) is 1. The zero-order valence-corrected chi connectivity index (χ0v) is 17.0. The second-order valence-corrected chi connectivity index (χ2v) is 8.16. The van der Waals surface area contributed by atoms with Gasteiger partial charge in [0.05, 0.1) is 12.1 Å². The highest BCUT2D eigenvalue weighted by molar-refractivity contribution is 7.90. The Morgan fingerprint density at radius 1 is 1.10 bits per heavy atom.